The number of rotatable bonds is 4. The molecule has 0 heterocycles. The quantitative estimate of drug-likeness (QED) is 0.838. The van der Waals surface area contributed by atoms with Crippen molar-refractivity contribution < 1.29 is 5.11 Å². The van der Waals surface area contributed by atoms with Gasteiger partial charge in [0.15, 0.2) is 0 Å². The number of aliphatic hydroxyl groups is 1. The van der Waals surface area contributed by atoms with Crippen molar-refractivity contribution in [1.82, 2.24) is 0 Å². The molecular weight excluding hydrogens is 289 g/mol. The Hall–Kier alpha value is -0.290. The molecule has 2 N–H and O–H groups in total. The standard InChI is InChI=1S/C11H16INO/c1-3-11(2,14)8-13-10-6-4-5-9(12)7-10/h4-7,13-14H,3,8H2,1-2H3. The van der Waals surface area contributed by atoms with Gasteiger partial charge in [-0.2, -0.15) is 0 Å². The van der Waals surface area contributed by atoms with Gasteiger partial charge in [-0.3, -0.25) is 0 Å². The molecule has 0 saturated carbocycles. The van der Waals surface area contributed by atoms with Crippen LogP contribution in [-0.4, -0.2) is 17.3 Å². The summed E-state index contributed by atoms with van der Waals surface area (Å²) in [5.41, 5.74) is 0.437. The number of nitrogens with one attached hydrogen (secondary N) is 1. The highest BCUT2D eigenvalue weighted by Crippen LogP contribution is 2.15. The second kappa shape index (κ2) is 4.98. The van der Waals surface area contributed by atoms with E-state index in [1.54, 1.807) is 0 Å². The van der Waals surface area contributed by atoms with Gasteiger partial charge >= 0.3 is 0 Å². The largest absolute Gasteiger partial charge is 0.388 e. The number of halogens is 1. The van der Waals surface area contributed by atoms with E-state index < -0.39 is 5.60 Å². The summed E-state index contributed by atoms with van der Waals surface area (Å²) in [6.45, 7) is 4.41. The third-order valence-corrected chi connectivity index (χ3v) is 2.93. The van der Waals surface area contributed by atoms with Gasteiger partial charge in [0.25, 0.3) is 0 Å². The van der Waals surface area contributed by atoms with Gasteiger partial charge in [-0.15, -0.1) is 0 Å². The molecule has 78 valence electrons. The molecule has 14 heavy (non-hydrogen) atoms. The van der Waals surface area contributed by atoms with Crippen LogP contribution in [-0.2, 0) is 0 Å². The molecule has 0 radical (unpaired) electrons. The van der Waals surface area contributed by atoms with Crippen LogP contribution in [0.1, 0.15) is 20.3 Å². The Morgan fingerprint density at radius 2 is 2.21 bits per heavy atom. The lowest BCUT2D eigenvalue weighted by molar-refractivity contribution is 0.0697. The first-order valence-corrected chi connectivity index (χ1v) is 5.83. The SMILES string of the molecule is CCC(C)(O)CNc1cccc(I)c1. The van der Waals surface area contributed by atoms with Gasteiger partial charge < -0.3 is 10.4 Å². The summed E-state index contributed by atoms with van der Waals surface area (Å²) in [7, 11) is 0. The average Bonchev–Trinajstić information content (AvgIpc) is 2.15. The van der Waals surface area contributed by atoms with E-state index in [1.165, 1.54) is 3.57 Å². The Labute approximate surface area is 98.9 Å². The fourth-order valence-corrected chi connectivity index (χ4v) is 1.56. The van der Waals surface area contributed by atoms with E-state index >= 15 is 0 Å². The van der Waals surface area contributed by atoms with Crippen molar-refractivity contribution in [3.63, 3.8) is 0 Å². The third-order valence-electron chi connectivity index (χ3n) is 2.26. The second-order valence-electron chi connectivity index (χ2n) is 3.71. The van der Waals surface area contributed by atoms with Crippen molar-refractivity contribution >= 4 is 28.3 Å². The lowest BCUT2D eigenvalue weighted by Crippen LogP contribution is -2.32. The maximum atomic E-state index is 9.79. The van der Waals surface area contributed by atoms with Crippen molar-refractivity contribution in [3.05, 3.63) is 27.8 Å². The summed E-state index contributed by atoms with van der Waals surface area (Å²) in [6.07, 6.45) is 0.754. The highest BCUT2D eigenvalue weighted by atomic mass is 127. The highest BCUT2D eigenvalue weighted by Gasteiger charge is 2.16. The molecule has 1 atom stereocenters. The second-order valence-corrected chi connectivity index (χ2v) is 4.96. The monoisotopic (exact) mass is 305 g/mol. The van der Waals surface area contributed by atoms with Crippen molar-refractivity contribution in [2.45, 2.75) is 25.9 Å². The molecule has 0 aliphatic heterocycles. The predicted octanol–water partition coefficient (Wildman–Crippen LogP) is 2.86. The molecule has 0 fully saturated rings. The minimum Gasteiger partial charge on any atom is -0.388 e. The molecule has 0 aromatic heterocycles. The molecule has 1 unspecified atom stereocenters. The van der Waals surface area contributed by atoms with Crippen molar-refractivity contribution in [1.29, 1.82) is 0 Å². The fraction of sp³-hybridized carbons (Fsp3) is 0.455. The van der Waals surface area contributed by atoms with Crippen LogP contribution in [0.25, 0.3) is 0 Å². The van der Waals surface area contributed by atoms with Gasteiger partial charge in [0.1, 0.15) is 0 Å². The van der Waals surface area contributed by atoms with E-state index in [2.05, 4.69) is 34.0 Å². The molecule has 2 nitrogen and oxygen atoms in total. The van der Waals surface area contributed by atoms with Crippen LogP contribution in [0.15, 0.2) is 24.3 Å². The fourth-order valence-electron chi connectivity index (χ4n) is 1.02. The Balaban J connectivity index is 2.54. The summed E-state index contributed by atoms with van der Waals surface area (Å²) < 4.78 is 1.20. The molecular formula is C11H16INO. The van der Waals surface area contributed by atoms with E-state index in [4.69, 9.17) is 0 Å². The first-order valence-electron chi connectivity index (χ1n) is 4.75. The molecule has 0 amide bonds. The summed E-state index contributed by atoms with van der Waals surface area (Å²) >= 11 is 2.27. The number of hydrogen-bond donors (Lipinski definition) is 2. The first-order chi connectivity index (χ1) is 6.53. The zero-order valence-electron chi connectivity index (χ0n) is 8.55. The van der Waals surface area contributed by atoms with Gasteiger partial charge in [0, 0.05) is 15.8 Å². The average molecular weight is 305 g/mol. The van der Waals surface area contributed by atoms with Crippen LogP contribution < -0.4 is 5.32 Å². The Bertz CT molecular complexity index is 299. The molecule has 3 heteroatoms. The Morgan fingerprint density at radius 3 is 2.79 bits per heavy atom. The highest BCUT2D eigenvalue weighted by molar-refractivity contribution is 14.1. The van der Waals surface area contributed by atoms with Gasteiger partial charge in [-0.05, 0) is 54.1 Å². The summed E-state index contributed by atoms with van der Waals surface area (Å²) in [4.78, 5) is 0. The molecule has 0 spiro atoms. The van der Waals surface area contributed by atoms with Crippen LogP contribution >= 0.6 is 22.6 Å². The van der Waals surface area contributed by atoms with Gasteiger partial charge in [-0.1, -0.05) is 13.0 Å². The topological polar surface area (TPSA) is 32.3 Å². The molecule has 1 aromatic carbocycles. The van der Waals surface area contributed by atoms with Crippen molar-refractivity contribution in [3.8, 4) is 0 Å². The molecule has 1 aromatic rings. The van der Waals surface area contributed by atoms with Crippen LogP contribution in [0, 0.1) is 3.57 Å². The van der Waals surface area contributed by atoms with Gasteiger partial charge in [-0.25, -0.2) is 0 Å². The third kappa shape index (κ3) is 3.84. The summed E-state index contributed by atoms with van der Waals surface area (Å²) in [6, 6.07) is 8.12. The van der Waals surface area contributed by atoms with Gasteiger partial charge in [0.05, 0.1) is 5.60 Å². The molecule has 0 saturated heterocycles. The van der Waals surface area contributed by atoms with Gasteiger partial charge in [0.2, 0.25) is 0 Å². The Kier molecular flexibility index (Phi) is 4.19. The number of hydrogen-bond acceptors (Lipinski definition) is 2. The summed E-state index contributed by atoms with van der Waals surface area (Å²) in [5.74, 6) is 0. The Morgan fingerprint density at radius 1 is 1.50 bits per heavy atom. The lowest BCUT2D eigenvalue weighted by atomic mass is 10.0. The van der Waals surface area contributed by atoms with Crippen LogP contribution in [0.3, 0.4) is 0 Å². The van der Waals surface area contributed by atoms with Crippen molar-refractivity contribution in [2.24, 2.45) is 0 Å². The van der Waals surface area contributed by atoms with Crippen LogP contribution in [0.5, 0.6) is 0 Å². The minimum atomic E-state index is -0.624. The number of anilines is 1. The zero-order valence-corrected chi connectivity index (χ0v) is 10.7. The van der Waals surface area contributed by atoms with E-state index in [0.29, 0.717) is 6.54 Å². The van der Waals surface area contributed by atoms with Crippen LogP contribution in [0.4, 0.5) is 5.69 Å². The lowest BCUT2D eigenvalue weighted by Gasteiger charge is -2.22. The van der Waals surface area contributed by atoms with E-state index in [-0.39, 0.29) is 0 Å². The molecule has 0 aliphatic rings. The van der Waals surface area contributed by atoms with Crippen LogP contribution in [0.2, 0.25) is 0 Å². The molecule has 1 rings (SSSR count). The first kappa shape index (κ1) is 11.8. The van der Waals surface area contributed by atoms with E-state index in [9.17, 15) is 5.11 Å². The maximum Gasteiger partial charge on any atom is 0.0788 e. The smallest absolute Gasteiger partial charge is 0.0788 e. The predicted molar refractivity (Wildman–Crippen MR) is 68.6 cm³/mol. The molecule has 0 bridgehead atoms. The maximum absolute atomic E-state index is 9.79. The molecule has 0 aliphatic carbocycles. The van der Waals surface area contributed by atoms with E-state index in [1.807, 2.05) is 32.0 Å². The number of benzene rings is 1. The normalized spacial score (nSPS) is 14.9. The minimum absolute atomic E-state index is 0.587. The van der Waals surface area contributed by atoms with Crippen molar-refractivity contribution in [2.75, 3.05) is 11.9 Å². The zero-order chi connectivity index (χ0) is 10.6. The van der Waals surface area contributed by atoms with E-state index in [0.717, 1.165) is 12.1 Å². The summed E-state index contributed by atoms with van der Waals surface area (Å²) in [5, 5.41) is 13.0.